The van der Waals surface area contributed by atoms with E-state index in [1.54, 1.807) is 38.1 Å². The van der Waals surface area contributed by atoms with Gasteiger partial charge in [0.2, 0.25) is 21.6 Å². The van der Waals surface area contributed by atoms with Crippen LogP contribution in [0, 0.1) is 5.82 Å². The molecule has 6 rings (SSSR count). The first-order valence-corrected chi connectivity index (χ1v) is 15.2. The van der Waals surface area contributed by atoms with Crippen molar-refractivity contribution in [3.63, 3.8) is 0 Å². The van der Waals surface area contributed by atoms with E-state index >= 15 is 4.39 Å². The SMILES string of the molecule is CC(C)Oc1c(-c2cn[nH]c2)ncn2nc(Nc3ccc(S(=O)(=O)N4CC5C4CCN5C(=O)OC(C)(C)C)cc3F)nc12. The van der Waals surface area contributed by atoms with Crippen LogP contribution in [0.5, 0.6) is 5.75 Å². The van der Waals surface area contributed by atoms with E-state index in [1.807, 2.05) is 13.8 Å². The summed E-state index contributed by atoms with van der Waals surface area (Å²) in [7, 11) is -4.00. The highest BCUT2D eigenvalue weighted by atomic mass is 32.2. The second kappa shape index (κ2) is 10.4. The van der Waals surface area contributed by atoms with Crippen molar-refractivity contribution in [3.8, 4) is 17.0 Å². The summed E-state index contributed by atoms with van der Waals surface area (Å²) >= 11 is 0. The number of sulfonamides is 1. The topological polar surface area (TPSA) is 160 Å². The van der Waals surface area contributed by atoms with Crippen LogP contribution in [-0.4, -0.2) is 90.4 Å². The minimum atomic E-state index is -4.00. The fourth-order valence-corrected chi connectivity index (χ4v) is 6.95. The number of nitrogens with zero attached hydrogens (tertiary/aromatic N) is 7. The van der Waals surface area contributed by atoms with E-state index in [1.165, 1.54) is 27.3 Å². The minimum absolute atomic E-state index is 0.0114. The van der Waals surface area contributed by atoms with Gasteiger partial charge in [0.15, 0.2) is 5.75 Å². The van der Waals surface area contributed by atoms with Crippen LogP contribution in [0.25, 0.3) is 16.9 Å². The maximum atomic E-state index is 15.3. The Hall–Kier alpha value is -4.31. The highest BCUT2D eigenvalue weighted by Crippen LogP contribution is 2.38. The number of amides is 1. The molecule has 2 atom stereocenters. The van der Waals surface area contributed by atoms with Gasteiger partial charge in [-0.3, -0.25) is 5.10 Å². The molecule has 2 N–H and O–H groups in total. The van der Waals surface area contributed by atoms with Crippen LogP contribution in [0.2, 0.25) is 0 Å². The van der Waals surface area contributed by atoms with E-state index in [0.29, 0.717) is 35.6 Å². The van der Waals surface area contributed by atoms with Gasteiger partial charge in [0.05, 0.1) is 28.9 Å². The molecule has 2 saturated heterocycles. The number of anilines is 2. The highest BCUT2D eigenvalue weighted by Gasteiger charge is 2.54. The summed E-state index contributed by atoms with van der Waals surface area (Å²) in [5, 5.41) is 13.9. The van der Waals surface area contributed by atoms with Gasteiger partial charge in [0.25, 0.3) is 0 Å². The van der Waals surface area contributed by atoms with E-state index in [4.69, 9.17) is 9.47 Å². The van der Waals surface area contributed by atoms with Crippen molar-refractivity contribution in [1.82, 2.24) is 39.0 Å². The predicted octanol–water partition coefficient (Wildman–Crippen LogP) is 3.57. The van der Waals surface area contributed by atoms with E-state index in [-0.39, 0.29) is 41.3 Å². The third kappa shape index (κ3) is 5.35. The van der Waals surface area contributed by atoms with Crippen LogP contribution in [0.1, 0.15) is 41.0 Å². The zero-order valence-electron chi connectivity index (χ0n) is 24.3. The molecule has 4 aromatic rings. The molecule has 16 heteroatoms. The Bertz CT molecular complexity index is 1790. The van der Waals surface area contributed by atoms with E-state index < -0.39 is 27.5 Å². The number of hydrogen-bond donors (Lipinski definition) is 2. The molecule has 43 heavy (non-hydrogen) atoms. The van der Waals surface area contributed by atoms with Crippen molar-refractivity contribution in [2.75, 3.05) is 18.4 Å². The van der Waals surface area contributed by atoms with Crippen molar-refractivity contribution in [2.45, 2.75) is 69.7 Å². The van der Waals surface area contributed by atoms with Gasteiger partial charge in [0, 0.05) is 30.9 Å². The Morgan fingerprint density at radius 1 is 1.23 bits per heavy atom. The molecule has 5 heterocycles. The average molecular weight is 614 g/mol. The van der Waals surface area contributed by atoms with Gasteiger partial charge in [0.1, 0.15) is 23.4 Å². The van der Waals surface area contributed by atoms with Crippen LogP contribution < -0.4 is 10.1 Å². The van der Waals surface area contributed by atoms with E-state index in [0.717, 1.165) is 6.07 Å². The first-order chi connectivity index (χ1) is 20.3. The van der Waals surface area contributed by atoms with Gasteiger partial charge in [-0.2, -0.15) is 18.9 Å². The minimum Gasteiger partial charge on any atom is -0.485 e. The van der Waals surface area contributed by atoms with Crippen molar-refractivity contribution in [2.24, 2.45) is 0 Å². The number of carbonyl (C=O) groups is 1. The van der Waals surface area contributed by atoms with E-state index in [2.05, 4.69) is 30.6 Å². The number of rotatable bonds is 7. The number of fused-ring (bicyclic) bond motifs is 2. The molecule has 2 fully saturated rings. The van der Waals surface area contributed by atoms with Gasteiger partial charge in [-0.1, -0.05) is 0 Å². The molecule has 0 radical (unpaired) electrons. The zero-order valence-corrected chi connectivity index (χ0v) is 25.1. The first-order valence-electron chi connectivity index (χ1n) is 13.8. The van der Waals surface area contributed by atoms with Gasteiger partial charge in [-0.15, -0.1) is 5.10 Å². The number of carbonyl (C=O) groups excluding carboxylic acids is 1. The fraction of sp³-hybridized carbons (Fsp3) is 0.444. The molecule has 1 aromatic carbocycles. The number of H-pyrrole nitrogens is 1. The third-order valence-corrected chi connectivity index (χ3v) is 9.03. The van der Waals surface area contributed by atoms with Crippen LogP contribution in [-0.2, 0) is 14.8 Å². The summed E-state index contributed by atoms with van der Waals surface area (Å²) in [4.78, 5) is 22.9. The maximum absolute atomic E-state index is 15.3. The van der Waals surface area contributed by atoms with Crippen molar-refractivity contribution in [3.05, 3.63) is 42.7 Å². The van der Waals surface area contributed by atoms with Crippen LogP contribution in [0.4, 0.5) is 20.8 Å². The molecule has 0 aliphatic carbocycles. The lowest BCUT2D eigenvalue weighted by Gasteiger charge is -2.45. The highest BCUT2D eigenvalue weighted by molar-refractivity contribution is 7.89. The average Bonchev–Trinajstić information content (AvgIpc) is 3.63. The second-order valence-electron chi connectivity index (χ2n) is 11.7. The number of nitrogens with one attached hydrogen (secondary N) is 2. The molecule has 0 saturated carbocycles. The summed E-state index contributed by atoms with van der Waals surface area (Å²) in [5.41, 5.74) is 0.900. The number of benzene rings is 1. The summed E-state index contributed by atoms with van der Waals surface area (Å²) in [5.74, 6) is -0.353. The van der Waals surface area contributed by atoms with Crippen molar-refractivity contribution in [1.29, 1.82) is 0 Å². The number of halogens is 1. The van der Waals surface area contributed by atoms with Crippen LogP contribution >= 0.6 is 0 Å². The largest absolute Gasteiger partial charge is 0.485 e. The molecule has 0 spiro atoms. The standard InChI is InChI=1S/C27H32FN9O5S/c1-15(2)41-23-22(16-11-30-31-12-16)29-14-36-24(23)33-25(34-36)32-19-7-6-17(10-18(19)28)43(39,40)37-13-21-20(37)8-9-35(21)26(38)42-27(3,4)5/h6-7,10-12,14-15,20-21H,8-9,13H2,1-5H3,(H,30,31)(H,32,34). The molecular formula is C27H32FN9O5S. The lowest BCUT2D eigenvalue weighted by molar-refractivity contribution is 0.00784. The smallest absolute Gasteiger partial charge is 0.410 e. The summed E-state index contributed by atoms with van der Waals surface area (Å²) in [6, 6.07) is 2.96. The van der Waals surface area contributed by atoms with Gasteiger partial charge < -0.3 is 19.7 Å². The number of hydrogen-bond acceptors (Lipinski definition) is 10. The first kappa shape index (κ1) is 28.8. The number of aromatic nitrogens is 6. The number of likely N-dealkylation sites (tertiary alicyclic amines) is 1. The number of ether oxygens (including phenoxy) is 2. The Kier molecular flexibility index (Phi) is 7.00. The molecule has 2 aliphatic heterocycles. The zero-order chi connectivity index (χ0) is 30.7. The van der Waals surface area contributed by atoms with E-state index in [9.17, 15) is 13.2 Å². The Balaban J connectivity index is 1.20. The molecular weight excluding hydrogens is 581 g/mol. The third-order valence-electron chi connectivity index (χ3n) is 7.14. The monoisotopic (exact) mass is 613 g/mol. The normalized spacial score (nSPS) is 19.0. The predicted molar refractivity (Wildman–Crippen MR) is 153 cm³/mol. The molecule has 2 aliphatic rings. The summed E-state index contributed by atoms with van der Waals surface area (Å²) in [6.45, 7) is 9.59. The molecule has 228 valence electrons. The molecule has 2 unspecified atom stereocenters. The molecule has 0 bridgehead atoms. The fourth-order valence-electron chi connectivity index (χ4n) is 5.23. The number of aromatic amines is 1. The van der Waals surface area contributed by atoms with Gasteiger partial charge >= 0.3 is 6.09 Å². The lowest BCUT2D eigenvalue weighted by Crippen LogP contribution is -2.64. The van der Waals surface area contributed by atoms with Crippen molar-refractivity contribution >= 4 is 33.4 Å². The quantitative estimate of drug-likeness (QED) is 0.315. The van der Waals surface area contributed by atoms with Crippen LogP contribution in [0.15, 0.2) is 41.8 Å². The molecule has 14 nitrogen and oxygen atoms in total. The van der Waals surface area contributed by atoms with Gasteiger partial charge in [-0.25, -0.2) is 22.6 Å². The summed E-state index contributed by atoms with van der Waals surface area (Å²) < 4.78 is 56.3. The van der Waals surface area contributed by atoms with Gasteiger partial charge in [-0.05, 0) is 59.2 Å². The molecule has 3 aromatic heterocycles. The Morgan fingerprint density at radius 3 is 2.70 bits per heavy atom. The molecule has 1 amide bonds. The van der Waals surface area contributed by atoms with Crippen molar-refractivity contribution < 1.29 is 27.1 Å². The maximum Gasteiger partial charge on any atom is 0.410 e. The summed E-state index contributed by atoms with van der Waals surface area (Å²) in [6.07, 6.45) is 4.57. The Labute approximate surface area is 247 Å². The van der Waals surface area contributed by atoms with Crippen LogP contribution in [0.3, 0.4) is 0 Å². The lowest BCUT2D eigenvalue weighted by atomic mass is 10.0. The Morgan fingerprint density at radius 2 is 2.02 bits per heavy atom. The second-order valence-corrected chi connectivity index (χ2v) is 13.6.